The fourth-order valence-electron chi connectivity index (χ4n) is 3.06. The van der Waals surface area contributed by atoms with Crippen LogP contribution in [0.4, 0.5) is 4.39 Å². The molecule has 0 spiro atoms. The number of thioether (sulfide) groups is 1. The standard InChI is InChI=1S/C19H23FN4O4S2/c1-3-9-24-17(11-28-16-7-5-4-6-15(16)20)21-22-19(24)29-12-18(25)23(2)14-8-10-30(26,27)13-14/h3-7,14H,1,8-13H2,2H3. The molecule has 0 bridgehead atoms. The smallest absolute Gasteiger partial charge is 0.233 e. The van der Waals surface area contributed by atoms with E-state index >= 15 is 0 Å². The maximum absolute atomic E-state index is 13.7. The molecule has 1 aromatic carbocycles. The average Bonchev–Trinajstić information content (AvgIpc) is 3.27. The molecule has 1 atom stereocenters. The van der Waals surface area contributed by atoms with Crippen LogP contribution in [0.25, 0.3) is 0 Å². The lowest BCUT2D eigenvalue weighted by atomic mass is 10.2. The van der Waals surface area contributed by atoms with Crippen molar-refractivity contribution in [3.63, 3.8) is 0 Å². The SMILES string of the molecule is C=CCn1c(COc2ccccc2F)nnc1SCC(=O)N(C)C1CCS(=O)(=O)C1. The number of allylic oxidation sites excluding steroid dienone is 1. The Hall–Kier alpha value is -2.40. The summed E-state index contributed by atoms with van der Waals surface area (Å²) in [7, 11) is -1.44. The Labute approximate surface area is 179 Å². The molecule has 2 aromatic rings. The predicted octanol–water partition coefficient (Wildman–Crippen LogP) is 1.92. The molecule has 30 heavy (non-hydrogen) atoms. The second kappa shape index (κ2) is 9.61. The van der Waals surface area contributed by atoms with Crippen LogP contribution in [0.2, 0.25) is 0 Å². The van der Waals surface area contributed by atoms with E-state index in [1.807, 2.05) is 0 Å². The van der Waals surface area contributed by atoms with Crippen molar-refractivity contribution in [2.75, 3.05) is 24.3 Å². The van der Waals surface area contributed by atoms with E-state index in [9.17, 15) is 17.6 Å². The molecule has 1 aliphatic rings. The van der Waals surface area contributed by atoms with E-state index in [0.717, 1.165) is 0 Å². The molecular formula is C19H23FN4O4S2. The van der Waals surface area contributed by atoms with Crippen molar-refractivity contribution < 1.29 is 22.3 Å². The van der Waals surface area contributed by atoms with E-state index in [1.165, 1.54) is 28.8 Å². The first-order valence-corrected chi connectivity index (χ1v) is 12.1. The number of sulfone groups is 1. The van der Waals surface area contributed by atoms with E-state index in [2.05, 4.69) is 16.8 Å². The molecule has 0 radical (unpaired) electrons. The second-order valence-corrected chi connectivity index (χ2v) is 10.0. The van der Waals surface area contributed by atoms with Crippen LogP contribution in [-0.2, 0) is 27.8 Å². The maximum Gasteiger partial charge on any atom is 0.233 e. The number of hydrogen-bond donors (Lipinski definition) is 0. The normalized spacial score (nSPS) is 17.6. The number of para-hydroxylation sites is 1. The first kappa shape index (κ1) is 22.3. The highest BCUT2D eigenvalue weighted by molar-refractivity contribution is 7.99. The topological polar surface area (TPSA) is 94.4 Å². The van der Waals surface area contributed by atoms with Crippen molar-refractivity contribution in [3.05, 3.63) is 48.6 Å². The summed E-state index contributed by atoms with van der Waals surface area (Å²) in [6, 6.07) is 5.79. The minimum absolute atomic E-state index is 0.00405. The Balaban J connectivity index is 1.62. The summed E-state index contributed by atoms with van der Waals surface area (Å²) >= 11 is 1.20. The molecule has 2 heterocycles. The number of amides is 1. The highest BCUT2D eigenvalue weighted by atomic mass is 32.2. The van der Waals surface area contributed by atoms with Crippen LogP contribution in [0.1, 0.15) is 12.2 Å². The van der Waals surface area contributed by atoms with E-state index in [0.29, 0.717) is 23.9 Å². The van der Waals surface area contributed by atoms with Crippen molar-refractivity contribution in [3.8, 4) is 5.75 Å². The summed E-state index contributed by atoms with van der Waals surface area (Å²) in [5.74, 6) is 0.151. The van der Waals surface area contributed by atoms with Crippen molar-refractivity contribution in [2.45, 2.75) is 30.8 Å². The van der Waals surface area contributed by atoms with Gasteiger partial charge in [-0.2, -0.15) is 0 Å². The van der Waals surface area contributed by atoms with Crippen LogP contribution >= 0.6 is 11.8 Å². The Kier molecular flexibility index (Phi) is 7.14. The molecule has 1 aliphatic heterocycles. The predicted molar refractivity (Wildman–Crippen MR) is 112 cm³/mol. The lowest BCUT2D eigenvalue weighted by molar-refractivity contribution is -0.128. The zero-order valence-corrected chi connectivity index (χ0v) is 18.2. The molecule has 1 saturated heterocycles. The Bertz CT molecular complexity index is 1030. The number of hydrogen-bond acceptors (Lipinski definition) is 7. The van der Waals surface area contributed by atoms with Gasteiger partial charge >= 0.3 is 0 Å². The Morgan fingerprint density at radius 2 is 2.20 bits per heavy atom. The van der Waals surface area contributed by atoms with Gasteiger partial charge in [0.2, 0.25) is 5.91 Å². The van der Waals surface area contributed by atoms with E-state index in [1.54, 1.807) is 29.8 Å². The van der Waals surface area contributed by atoms with Gasteiger partial charge in [-0.3, -0.25) is 9.36 Å². The zero-order valence-electron chi connectivity index (χ0n) is 16.5. The van der Waals surface area contributed by atoms with Gasteiger partial charge in [0.25, 0.3) is 0 Å². The number of carbonyl (C=O) groups excluding carboxylic acids is 1. The number of halogens is 1. The number of carbonyl (C=O) groups is 1. The van der Waals surface area contributed by atoms with Gasteiger partial charge < -0.3 is 9.64 Å². The van der Waals surface area contributed by atoms with Crippen LogP contribution in [0.15, 0.2) is 42.1 Å². The molecule has 162 valence electrons. The van der Waals surface area contributed by atoms with Gasteiger partial charge in [0.05, 0.1) is 17.3 Å². The molecule has 11 heteroatoms. The van der Waals surface area contributed by atoms with Gasteiger partial charge in [-0.1, -0.05) is 30.0 Å². The summed E-state index contributed by atoms with van der Waals surface area (Å²) in [6.45, 7) is 4.13. The third-order valence-electron chi connectivity index (χ3n) is 4.77. The largest absolute Gasteiger partial charge is 0.483 e. The summed E-state index contributed by atoms with van der Waals surface area (Å²) in [6.07, 6.45) is 2.12. The van der Waals surface area contributed by atoms with Crippen molar-refractivity contribution >= 4 is 27.5 Å². The zero-order chi connectivity index (χ0) is 21.7. The van der Waals surface area contributed by atoms with Crippen LogP contribution < -0.4 is 4.74 Å². The first-order chi connectivity index (χ1) is 14.3. The number of aromatic nitrogens is 3. The average molecular weight is 455 g/mol. The molecule has 1 aromatic heterocycles. The Morgan fingerprint density at radius 1 is 1.43 bits per heavy atom. The van der Waals surface area contributed by atoms with E-state index < -0.39 is 15.7 Å². The molecule has 1 unspecified atom stereocenters. The van der Waals surface area contributed by atoms with Gasteiger partial charge in [0.1, 0.15) is 6.61 Å². The van der Waals surface area contributed by atoms with Gasteiger partial charge in [0.15, 0.2) is 32.4 Å². The minimum atomic E-state index is -3.06. The number of rotatable bonds is 9. The van der Waals surface area contributed by atoms with E-state index in [-0.39, 0.29) is 41.6 Å². The second-order valence-electron chi connectivity index (χ2n) is 6.87. The molecular weight excluding hydrogens is 431 g/mol. The highest BCUT2D eigenvalue weighted by Crippen LogP contribution is 2.22. The summed E-state index contributed by atoms with van der Waals surface area (Å²) in [5, 5.41) is 8.70. The number of ether oxygens (including phenoxy) is 1. The van der Waals surface area contributed by atoms with E-state index in [4.69, 9.17) is 4.74 Å². The molecule has 8 nitrogen and oxygen atoms in total. The van der Waals surface area contributed by atoms with Gasteiger partial charge in [0, 0.05) is 19.6 Å². The summed E-state index contributed by atoms with van der Waals surface area (Å²) < 4.78 is 44.3. The third-order valence-corrected chi connectivity index (χ3v) is 7.47. The molecule has 1 fully saturated rings. The van der Waals surface area contributed by atoms with Gasteiger partial charge in [-0.25, -0.2) is 12.8 Å². The quantitative estimate of drug-likeness (QED) is 0.422. The molecule has 0 aliphatic carbocycles. The van der Waals surface area contributed by atoms with Crippen molar-refractivity contribution in [2.24, 2.45) is 0 Å². The first-order valence-electron chi connectivity index (χ1n) is 9.30. The molecule has 0 saturated carbocycles. The highest BCUT2D eigenvalue weighted by Gasteiger charge is 2.32. The summed E-state index contributed by atoms with van der Waals surface area (Å²) in [5.41, 5.74) is 0. The number of benzene rings is 1. The van der Waals surface area contributed by atoms with Crippen LogP contribution in [0.5, 0.6) is 5.75 Å². The molecule has 1 amide bonds. The molecule has 3 rings (SSSR count). The third kappa shape index (κ3) is 5.39. The van der Waals surface area contributed by atoms with Crippen LogP contribution in [0, 0.1) is 5.82 Å². The fraction of sp³-hybridized carbons (Fsp3) is 0.421. The Morgan fingerprint density at radius 3 is 2.87 bits per heavy atom. The lowest BCUT2D eigenvalue weighted by Crippen LogP contribution is -2.38. The molecule has 0 N–H and O–H groups in total. The van der Waals surface area contributed by atoms with Gasteiger partial charge in [-0.05, 0) is 18.6 Å². The number of nitrogens with zero attached hydrogens (tertiary/aromatic N) is 4. The van der Waals surface area contributed by atoms with Crippen molar-refractivity contribution in [1.82, 2.24) is 19.7 Å². The monoisotopic (exact) mass is 454 g/mol. The summed E-state index contributed by atoms with van der Waals surface area (Å²) in [4.78, 5) is 14.0. The lowest BCUT2D eigenvalue weighted by Gasteiger charge is -2.23. The van der Waals surface area contributed by atoms with Crippen LogP contribution in [0.3, 0.4) is 0 Å². The van der Waals surface area contributed by atoms with Crippen molar-refractivity contribution in [1.29, 1.82) is 0 Å². The fourth-order valence-corrected chi connectivity index (χ4v) is 5.73. The van der Waals surface area contributed by atoms with Gasteiger partial charge in [-0.15, -0.1) is 16.8 Å². The maximum atomic E-state index is 13.7. The minimum Gasteiger partial charge on any atom is -0.483 e. The van der Waals surface area contributed by atoms with Crippen LogP contribution in [-0.4, -0.2) is 64.3 Å².